The van der Waals surface area contributed by atoms with Crippen molar-refractivity contribution < 1.29 is 9.47 Å². The summed E-state index contributed by atoms with van der Waals surface area (Å²) in [7, 11) is 0. The number of benzene rings is 6. The van der Waals surface area contributed by atoms with Crippen LogP contribution in [0.5, 0.6) is 23.0 Å². The van der Waals surface area contributed by atoms with Crippen molar-refractivity contribution in [3.63, 3.8) is 0 Å². The molecule has 0 spiro atoms. The zero-order valence-electron chi connectivity index (χ0n) is 28.2. The van der Waals surface area contributed by atoms with Crippen molar-refractivity contribution in [2.75, 3.05) is 0 Å². The Morgan fingerprint density at radius 1 is 0.569 bits per heavy atom. The number of allylic oxidation sites excluding steroid dienone is 2. The molecule has 0 saturated heterocycles. The van der Waals surface area contributed by atoms with Gasteiger partial charge in [-0.25, -0.2) is 4.98 Å². The molecule has 0 bridgehead atoms. The monoisotopic (exact) mass is 656 g/mol. The van der Waals surface area contributed by atoms with Crippen molar-refractivity contribution in [3.8, 4) is 56.5 Å². The van der Waals surface area contributed by atoms with Gasteiger partial charge in [-0.15, -0.1) is 0 Å². The van der Waals surface area contributed by atoms with Crippen LogP contribution >= 0.6 is 0 Å². The van der Waals surface area contributed by atoms with E-state index in [1.165, 1.54) is 27.8 Å². The van der Waals surface area contributed by atoms with Gasteiger partial charge in [-0.3, -0.25) is 4.98 Å². The highest BCUT2D eigenvalue weighted by Crippen LogP contribution is 2.60. The number of para-hydroxylation sites is 1. The zero-order valence-corrected chi connectivity index (χ0v) is 28.2. The number of rotatable bonds is 4. The van der Waals surface area contributed by atoms with E-state index in [-0.39, 0.29) is 0 Å². The maximum absolute atomic E-state index is 6.85. The molecule has 6 aromatic carbocycles. The lowest BCUT2D eigenvalue weighted by molar-refractivity contribution is 0.360. The van der Waals surface area contributed by atoms with Gasteiger partial charge in [-0.1, -0.05) is 121 Å². The molecule has 4 nitrogen and oxygen atoms in total. The van der Waals surface area contributed by atoms with Crippen molar-refractivity contribution in [2.24, 2.45) is 0 Å². The molecule has 242 valence electrons. The van der Waals surface area contributed by atoms with E-state index >= 15 is 0 Å². The van der Waals surface area contributed by atoms with E-state index < -0.39 is 5.41 Å². The molecule has 1 atom stereocenters. The number of nitrogens with zero attached hydrogens (tertiary/aromatic N) is 2. The van der Waals surface area contributed by atoms with E-state index in [9.17, 15) is 0 Å². The smallest absolute Gasteiger partial charge is 0.177 e. The molecular weight excluding hydrogens is 625 g/mol. The summed E-state index contributed by atoms with van der Waals surface area (Å²) in [6.07, 6.45) is 4.06. The Labute approximate surface area is 296 Å². The standard InChI is InChI=1S/C47H32N2O2/c1-3-29(2)47(34-15-5-4-6-16-34)38-19-8-7-17-36(38)37-27-42-43(28-39(37)47)50-41-20-10-18-35(46(41)51-42)32-12-9-13-33(26-32)40-24-23-31-22-21-30-14-11-25-48-44(30)45(31)49-40/h3-28H,1-2H3/b29-3+. The quantitative estimate of drug-likeness (QED) is 0.140. The zero-order chi connectivity index (χ0) is 34.1. The first-order chi connectivity index (χ1) is 25.1. The molecule has 0 radical (unpaired) electrons. The Hall–Kier alpha value is -6.52. The van der Waals surface area contributed by atoms with Crippen molar-refractivity contribution in [1.82, 2.24) is 9.97 Å². The van der Waals surface area contributed by atoms with Gasteiger partial charge < -0.3 is 9.47 Å². The van der Waals surface area contributed by atoms with Crippen LogP contribution in [-0.4, -0.2) is 9.97 Å². The summed E-state index contributed by atoms with van der Waals surface area (Å²) in [6.45, 7) is 4.36. The van der Waals surface area contributed by atoms with E-state index in [4.69, 9.17) is 14.5 Å². The second kappa shape index (κ2) is 11.3. The lowest BCUT2D eigenvalue weighted by Gasteiger charge is -2.35. The van der Waals surface area contributed by atoms with Crippen LogP contribution in [0.1, 0.15) is 30.5 Å². The average molecular weight is 657 g/mol. The molecule has 10 rings (SSSR count). The fourth-order valence-corrected chi connectivity index (χ4v) is 8.20. The van der Waals surface area contributed by atoms with Gasteiger partial charge in [0.1, 0.15) is 0 Å². The summed E-state index contributed by atoms with van der Waals surface area (Å²) in [5.41, 5.74) is 12.6. The average Bonchev–Trinajstić information content (AvgIpc) is 3.48. The number of ether oxygens (including phenoxy) is 2. The van der Waals surface area contributed by atoms with Crippen LogP contribution in [0, 0.1) is 0 Å². The van der Waals surface area contributed by atoms with Crippen LogP contribution in [0.25, 0.3) is 55.3 Å². The number of hydrogen-bond donors (Lipinski definition) is 0. The molecule has 0 fully saturated rings. The topological polar surface area (TPSA) is 44.2 Å². The van der Waals surface area contributed by atoms with Crippen molar-refractivity contribution in [3.05, 3.63) is 180 Å². The predicted octanol–water partition coefficient (Wildman–Crippen LogP) is 12.3. The molecule has 0 N–H and O–H groups in total. The summed E-state index contributed by atoms with van der Waals surface area (Å²) in [5, 5.41) is 2.15. The lowest BCUT2D eigenvalue weighted by atomic mass is 9.67. The largest absolute Gasteiger partial charge is 0.449 e. The molecule has 8 aromatic rings. The minimum atomic E-state index is -0.442. The minimum Gasteiger partial charge on any atom is -0.449 e. The third-order valence-corrected chi connectivity index (χ3v) is 10.7. The Bertz CT molecular complexity index is 2730. The highest BCUT2D eigenvalue weighted by molar-refractivity contribution is 6.03. The van der Waals surface area contributed by atoms with Crippen LogP contribution in [0.3, 0.4) is 0 Å². The molecule has 4 heteroatoms. The summed E-state index contributed by atoms with van der Waals surface area (Å²) in [6, 6.07) is 50.9. The van der Waals surface area contributed by atoms with Gasteiger partial charge in [0.2, 0.25) is 0 Å². The van der Waals surface area contributed by atoms with Crippen molar-refractivity contribution in [1.29, 1.82) is 0 Å². The molecule has 1 unspecified atom stereocenters. The molecule has 2 aromatic heterocycles. The first kappa shape index (κ1) is 29.4. The van der Waals surface area contributed by atoms with Gasteiger partial charge >= 0.3 is 0 Å². The van der Waals surface area contributed by atoms with E-state index in [1.807, 2.05) is 24.4 Å². The Morgan fingerprint density at radius 2 is 1.31 bits per heavy atom. The van der Waals surface area contributed by atoms with E-state index in [0.29, 0.717) is 23.0 Å². The number of aromatic nitrogens is 2. The summed E-state index contributed by atoms with van der Waals surface area (Å²) < 4.78 is 13.6. The highest BCUT2D eigenvalue weighted by atomic mass is 16.6. The number of pyridine rings is 2. The van der Waals surface area contributed by atoms with Gasteiger partial charge in [0.25, 0.3) is 0 Å². The second-order valence-electron chi connectivity index (χ2n) is 13.3. The molecular formula is C47H32N2O2. The van der Waals surface area contributed by atoms with E-state index in [1.54, 1.807) is 0 Å². The summed E-state index contributed by atoms with van der Waals surface area (Å²) in [5.74, 6) is 2.81. The summed E-state index contributed by atoms with van der Waals surface area (Å²) in [4.78, 5) is 9.76. The van der Waals surface area contributed by atoms with Crippen molar-refractivity contribution in [2.45, 2.75) is 19.3 Å². The van der Waals surface area contributed by atoms with Gasteiger partial charge in [-0.2, -0.15) is 0 Å². The molecule has 0 saturated carbocycles. The minimum absolute atomic E-state index is 0.442. The highest BCUT2D eigenvalue weighted by Gasteiger charge is 2.46. The fourth-order valence-electron chi connectivity index (χ4n) is 8.20. The van der Waals surface area contributed by atoms with Crippen LogP contribution < -0.4 is 9.47 Å². The first-order valence-corrected chi connectivity index (χ1v) is 17.3. The maximum Gasteiger partial charge on any atom is 0.177 e. The Morgan fingerprint density at radius 3 is 2.20 bits per heavy atom. The van der Waals surface area contributed by atoms with E-state index in [0.717, 1.165) is 49.8 Å². The van der Waals surface area contributed by atoms with Gasteiger partial charge in [0, 0.05) is 28.1 Å². The Kier molecular flexibility index (Phi) is 6.49. The lowest BCUT2D eigenvalue weighted by Crippen LogP contribution is -2.28. The Balaban J connectivity index is 1.08. The second-order valence-corrected chi connectivity index (χ2v) is 13.3. The molecule has 1 aliphatic heterocycles. The normalized spacial score (nSPS) is 15.8. The van der Waals surface area contributed by atoms with Crippen molar-refractivity contribution >= 4 is 21.8 Å². The molecule has 51 heavy (non-hydrogen) atoms. The van der Waals surface area contributed by atoms with Crippen LogP contribution in [0.4, 0.5) is 0 Å². The van der Waals surface area contributed by atoms with Crippen LogP contribution in [-0.2, 0) is 5.41 Å². The fraction of sp³-hybridized carbons (Fsp3) is 0.0638. The van der Waals surface area contributed by atoms with Gasteiger partial charge in [-0.05, 0) is 83.6 Å². The maximum atomic E-state index is 6.85. The van der Waals surface area contributed by atoms with E-state index in [2.05, 4.69) is 152 Å². The molecule has 0 amide bonds. The van der Waals surface area contributed by atoms with Crippen LogP contribution in [0.2, 0.25) is 0 Å². The molecule has 1 aliphatic carbocycles. The SMILES string of the molecule is C/C=C(\C)C1(c2ccccc2)c2ccccc2-c2cc3c(cc21)Oc1cccc(-c2cccc(-c4ccc5ccc6cccnc6c5n4)c2)c1O3. The predicted molar refractivity (Wildman–Crippen MR) is 206 cm³/mol. The summed E-state index contributed by atoms with van der Waals surface area (Å²) >= 11 is 0. The van der Waals surface area contributed by atoms with Crippen LogP contribution in [0.15, 0.2) is 163 Å². The third kappa shape index (κ3) is 4.33. The number of hydrogen-bond acceptors (Lipinski definition) is 4. The van der Waals surface area contributed by atoms with Gasteiger partial charge in [0.05, 0.1) is 22.1 Å². The first-order valence-electron chi connectivity index (χ1n) is 17.3. The molecule has 3 heterocycles. The molecule has 2 aliphatic rings. The number of fused-ring (bicyclic) bond motifs is 8. The third-order valence-electron chi connectivity index (χ3n) is 10.7. The van der Waals surface area contributed by atoms with Gasteiger partial charge in [0.15, 0.2) is 23.0 Å².